The normalized spacial score (nSPS) is 14.7. The first-order valence-corrected chi connectivity index (χ1v) is 37.7. The number of ether oxygens (including phenoxy) is 4. The lowest BCUT2D eigenvalue weighted by Gasteiger charge is -2.21. The number of carbonyl (C=O) groups is 4. The Balaban J connectivity index is 5.19. The van der Waals surface area contributed by atoms with Gasteiger partial charge in [-0.1, -0.05) is 274 Å². The second-order valence-electron chi connectivity index (χ2n) is 25.9. The highest BCUT2D eigenvalue weighted by Crippen LogP contribution is 2.45. The number of rotatable bonds is 64. The van der Waals surface area contributed by atoms with E-state index in [2.05, 4.69) is 55.4 Å². The molecule has 0 saturated heterocycles. The van der Waals surface area contributed by atoms with Gasteiger partial charge >= 0.3 is 39.5 Å². The molecule has 86 heavy (non-hydrogen) atoms. The predicted octanol–water partition coefficient (Wildman–Crippen LogP) is 18.5. The molecule has 17 nitrogen and oxygen atoms in total. The van der Waals surface area contributed by atoms with Crippen molar-refractivity contribution in [1.82, 2.24) is 0 Å². The molecule has 0 aromatic heterocycles. The first-order valence-electron chi connectivity index (χ1n) is 34.7. The minimum absolute atomic E-state index is 0.101. The highest BCUT2D eigenvalue weighted by molar-refractivity contribution is 7.47. The Bertz CT molecular complexity index is 1720. The van der Waals surface area contributed by atoms with Crippen LogP contribution in [0.15, 0.2) is 0 Å². The quantitative estimate of drug-likeness (QED) is 0.0222. The maximum atomic E-state index is 13.0. The fourth-order valence-corrected chi connectivity index (χ4v) is 11.5. The van der Waals surface area contributed by atoms with Gasteiger partial charge < -0.3 is 33.8 Å². The van der Waals surface area contributed by atoms with Gasteiger partial charge in [0.25, 0.3) is 0 Å². The summed E-state index contributed by atoms with van der Waals surface area (Å²) in [4.78, 5) is 72.3. The number of esters is 4. The topological polar surface area (TPSA) is 237 Å². The van der Waals surface area contributed by atoms with E-state index in [0.29, 0.717) is 37.5 Å². The third-order valence-electron chi connectivity index (χ3n) is 15.7. The van der Waals surface area contributed by atoms with E-state index in [9.17, 15) is 43.2 Å². The van der Waals surface area contributed by atoms with Crippen LogP contribution in [-0.4, -0.2) is 96.7 Å². The molecule has 4 unspecified atom stereocenters. The molecule has 3 N–H and O–H groups in total. The van der Waals surface area contributed by atoms with Crippen molar-refractivity contribution in [2.45, 2.75) is 343 Å². The molecular weight excluding hydrogens is 1140 g/mol. The van der Waals surface area contributed by atoms with E-state index in [1.807, 2.05) is 0 Å². The molecule has 19 heteroatoms. The third-order valence-corrected chi connectivity index (χ3v) is 17.6. The summed E-state index contributed by atoms with van der Waals surface area (Å²) in [7, 11) is -9.89. The van der Waals surface area contributed by atoms with Crippen LogP contribution in [0.5, 0.6) is 0 Å². The minimum Gasteiger partial charge on any atom is -0.462 e. The SMILES string of the molecule is CCC(C)CCCCCCCCC(=O)O[C@H](COC(=O)CCCCCCCCCCCCCCCCC(C)C)COP(=O)(O)OCC(O)COP(=O)(O)OC[C@@H](COC(=O)CCCCCCCCCC(C)C)OC(=O)CCCCCCCCC(C)C. The fourth-order valence-electron chi connectivity index (χ4n) is 9.93. The lowest BCUT2D eigenvalue weighted by Crippen LogP contribution is -2.30. The van der Waals surface area contributed by atoms with Crippen LogP contribution in [0, 0.1) is 23.7 Å². The number of hydrogen-bond donors (Lipinski definition) is 3. The molecule has 0 fully saturated rings. The molecule has 0 aromatic carbocycles. The van der Waals surface area contributed by atoms with Crippen molar-refractivity contribution in [3.63, 3.8) is 0 Å². The molecule has 0 aliphatic carbocycles. The molecule has 0 heterocycles. The van der Waals surface area contributed by atoms with Gasteiger partial charge in [0.1, 0.15) is 19.3 Å². The van der Waals surface area contributed by atoms with Crippen LogP contribution in [0.2, 0.25) is 0 Å². The van der Waals surface area contributed by atoms with E-state index < -0.39 is 97.5 Å². The van der Waals surface area contributed by atoms with E-state index >= 15 is 0 Å². The van der Waals surface area contributed by atoms with Gasteiger partial charge in [-0.05, 0) is 49.4 Å². The first kappa shape index (κ1) is 84.1. The van der Waals surface area contributed by atoms with Crippen LogP contribution in [0.25, 0.3) is 0 Å². The summed E-state index contributed by atoms with van der Waals surface area (Å²) in [6, 6.07) is 0. The molecule has 0 rings (SSSR count). The van der Waals surface area contributed by atoms with Gasteiger partial charge in [0.15, 0.2) is 12.2 Å². The lowest BCUT2D eigenvalue weighted by atomic mass is 10.00. The maximum absolute atomic E-state index is 13.0. The van der Waals surface area contributed by atoms with Gasteiger partial charge in [-0.2, -0.15) is 0 Å². The number of phosphoric ester groups is 2. The number of phosphoric acid groups is 2. The number of carbonyl (C=O) groups excluding carboxylic acids is 4. The first-order chi connectivity index (χ1) is 41.1. The number of unbranched alkanes of at least 4 members (excludes halogenated alkanes) is 29. The summed E-state index contributed by atoms with van der Waals surface area (Å²) in [5.41, 5.74) is 0. The zero-order valence-electron chi connectivity index (χ0n) is 55.9. The Morgan fingerprint density at radius 3 is 0.826 bits per heavy atom. The summed E-state index contributed by atoms with van der Waals surface area (Å²) in [6.07, 6.45) is 37.9. The summed E-state index contributed by atoms with van der Waals surface area (Å²) < 4.78 is 68.0. The van der Waals surface area contributed by atoms with E-state index in [0.717, 1.165) is 108 Å². The molecule has 0 radical (unpaired) electrons. The largest absolute Gasteiger partial charge is 0.472 e. The van der Waals surface area contributed by atoms with Gasteiger partial charge in [-0.15, -0.1) is 0 Å². The molecule has 0 aromatic rings. The summed E-state index contributed by atoms with van der Waals surface area (Å²) in [5, 5.41) is 10.5. The standard InChI is InChI=1S/C67H130O17P2/c1-9-60(8)46-38-30-24-26-34-42-50-67(72)84-63(53-77-64(69)47-39-31-21-17-15-13-11-10-12-14-16-19-27-35-43-57(2)3)56-82-86(75,76)80-52-61(68)51-79-85(73,74)81-55-62(83-66(71)49-41-33-25-23-29-37-45-59(6)7)54-78-65(70)48-40-32-22-18-20-28-36-44-58(4)5/h57-63,68H,9-56H2,1-8H3,(H,73,74)(H,75,76)/t60?,61?,62-,63-/m1/s1. The molecule has 0 aliphatic heterocycles. The summed E-state index contributed by atoms with van der Waals surface area (Å²) in [5.74, 6) is 0.752. The highest BCUT2D eigenvalue weighted by Gasteiger charge is 2.30. The average Bonchev–Trinajstić information content (AvgIpc) is 3.67. The van der Waals surface area contributed by atoms with Gasteiger partial charge in [-0.25, -0.2) is 9.13 Å². The molecular formula is C67H130O17P2. The smallest absolute Gasteiger partial charge is 0.462 e. The number of aliphatic hydroxyl groups excluding tert-OH is 1. The fraction of sp³-hybridized carbons (Fsp3) is 0.940. The van der Waals surface area contributed by atoms with Crippen molar-refractivity contribution >= 4 is 39.5 Å². The van der Waals surface area contributed by atoms with Gasteiger partial charge in [0.05, 0.1) is 26.4 Å². The van der Waals surface area contributed by atoms with Crippen LogP contribution in [0.3, 0.4) is 0 Å². The number of aliphatic hydroxyl groups is 1. The van der Waals surface area contributed by atoms with E-state index in [1.54, 1.807) is 0 Å². The van der Waals surface area contributed by atoms with Crippen molar-refractivity contribution in [3.8, 4) is 0 Å². The van der Waals surface area contributed by atoms with Crippen LogP contribution in [0.4, 0.5) is 0 Å². The minimum atomic E-state index is -4.95. The van der Waals surface area contributed by atoms with Crippen LogP contribution in [-0.2, 0) is 65.4 Å². The molecule has 0 spiro atoms. The van der Waals surface area contributed by atoms with Crippen molar-refractivity contribution in [3.05, 3.63) is 0 Å². The molecule has 0 saturated carbocycles. The molecule has 0 bridgehead atoms. The lowest BCUT2D eigenvalue weighted by molar-refractivity contribution is -0.161. The Kier molecular flexibility index (Phi) is 55.7. The van der Waals surface area contributed by atoms with Crippen LogP contribution >= 0.6 is 15.6 Å². The van der Waals surface area contributed by atoms with Gasteiger partial charge in [0, 0.05) is 25.7 Å². The zero-order chi connectivity index (χ0) is 63.9. The highest BCUT2D eigenvalue weighted by atomic mass is 31.2. The summed E-state index contributed by atoms with van der Waals surface area (Å²) in [6.45, 7) is 13.9. The van der Waals surface area contributed by atoms with Crippen LogP contribution < -0.4 is 0 Å². The van der Waals surface area contributed by atoms with Gasteiger partial charge in [0.2, 0.25) is 0 Å². The molecule has 0 aliphatic rings. The Morgan fingerprint density at radius 2 is 0.558 bits per heavy atom. The Labute approximate surface area is 524 Å². The van der Waals surface area contributed by atoms with Crippen molar-refractivity contribution < 1.29 is 80.2 Å². The maximum Gasteiger partial charge on any atom is 0.472 e. The Hall–Kier alpha value is -1.94. The van der Waals surface area contributed by atoms with E-state index in [4.69, 9.17) is 37.0 Å². The number of hydrogen-bond acceptors (Lipinski definition) is 15. The van der Waals surface area contributed by atoms with Crippen molar-refractivity contribution in [2.24, 2.45) is 23.7 Å². The van der Waals surface area contributed by atoms with Crippen LogP contribution in [0.1, 0.15) is 325 Å². The van der Waals surface area contributed by atoms with E-state index in [-0.39, 0.29) is 25.7 Å². The Morgan fingerprint density at radius 1 is 0.326 bits per heavy atom. The third kappa shape index (κ3) is 59.7. The molecule has 6 atom stereocenters. The zero-order valence-corrected chi connectivity index (χ0v) is 57.7. The second-order valence-corrected chi connectivity index (χ2v) is 28.8. The van der Waals surface area contributed by atoms with Crippen molar-refractivity contribution in [1.29, 1.82) is 0 Å². The summed E-state index contributed by atoms with van der Waals surface area (Å²) >= 11 is 0. The average molecular weight is 1270 g/mol. The predicted molar refractivity (Wildman–Crippen MR) is 344 cm³/mol. The van der Waals surface area contributed by atoms with E-state index in [1.165, 1.54) is 122 Å². The molecule has 0 amide bonds. The van der Waals surface area contributed by atoms with Crippen molar-refractivity contribution in [2.75, 3.05) is 39.6 Å². The van der Waals surface area contributed by atoms with Gasteiger partial charge in [-0.3, -0.25) is 37.3 Å². The monoisotopic (exact) mass is 1270 g/mol. The molecule has 510 valence electrons. The second kappa shape index (κ2) is 57.0.